The highest BCUT2D eigenvalue weighted by Crippen LogP contribution is 2.26. The molecule has 1 fully saturated rings. The molecule has 3 rings (SSSR count). The molecule has 0 atom stereocenters. The van der Waals surface area contributed by atoms with Gasteiger partial charge in [0.25, 0.3) is 0 Å². The standard InChI is InChI=1S/C15H18BrN3/c16-13-8-4-3-7-12(13)14-9-18-15(19-14)10-17-11-5-1-2-6-11/h3-4,7-9,11,17H,1-2,5-6,10H2,(H,18,19). The second-order valence-electron chi connectivity index (χ2n) is 5.09. The Bertz CT molecular complexity index is 544. The highest BCUT2D eigenvalue weighted by Gasteiger charge is 2.14. The Morgan fingerprint density at radius 1 is 1.26 bits per heavy atom. The molecule has 1 aliphatic carbocycles. The van der Waals surface area contributed by atoms with Crippen LogP contribution in [0.3, 0.4) is 0 Å². The lowest BCUT2D eigenvalue weighted by atomic mass is 10.2. The van der Waals surface area contributed by atoms with Crippen LogP contribution in [0.15, 0.2) is 34.9 Å². The summed E-state index contributed by atoms with van der Waals surface area (Å²) in [7, 11) is 0. The monoisotopic (exact) mass is 319 g/mol. The Balaban J connectivity index is 1.67. The highest BCUT2D eigenvalue weighted by molar-refractivity contribution is 9.10. The third kappa shape index (κ3) is 3.07. The smallest absolute Gasteiger partial charge is 0.120 e. The Hall–Kier alpha value is -1.13. The highest BCUT2D eigenvalue weighted by atomic mass is 79.9. The molecule has 1 saturated carbocycles. The van der Waals surface area contributed by atoms with E-state index >= 15 is 0 Å². The zero-order valence-corrected chi connectivity index (χ0v) is 12.4. The van der Waals surface area contributed by atoms with Crippen molar-refractivity contribution in [2.75, 3.05) is 0 Å². The molecule has 0 amide bonds. The number of hydrogen-bond donors (Lipinski definition) is 2. The van der Waals surface area contributed by atoms with Crippen molar-refractivity contribution >= 4 is 15.9 Å². The number of imidazole rings is 1. The number of benzene rings is 1. The topological polar surface area (TPSA) is 40.7 Å². The van der Waals surface area contributed by atoms with Crippen molar-refractivity contribution in [3.05, 3.63) is 40.8 Å². The van der Waals surface area contributed by atoms with Gasteiger partial charge in [-0.1, -0.05) is 47.0 Å². The molecule has 1 aromatic heterocycles. The van der Waals surface area contributed by atoms with Crippen LogP contribution in [-0.4, -0.2) is 16.0 Å². The minimum Gasteiger partial charge on any atom is -0.341 e. The molecule has 1 aromatic carbocycles. The second kappa shape index (κ2) is 5.88. The molecule has 2 N–H and O–H groups in total. The van der Waals surface area contributed by atoms with Gasteiger partial charge in [-0.15, -0.1) is 0 Å². The van der Waals surface area contributed by atoms with E-state index < -0.39 is 0 Å². The van der Waals surface area contributed by atoms with Crippen molar-refractivity contribution in [3.8, 4) is 11.3 Å². The van der Waals surface area contributed by atoms with Gasteiger partial charge in [0.2, 0.25) is 0 Å². The fraction of sp³-hybridized carbons (Fsp3) is 0.400. The lowest BCUT2D eigenvalue weighted by Crippen LogP contribution is -2.25. The molecule has 1 aliphatic rings. The fourth-order valence-electron chi connectivity index (χ4n) is 2.64. The minimum atomic E-state index is 0.678. The van der Waals surface area contributed by atoms with Crippen molar-refractivity contribution in [1.82, 2.24) is 15.3 Å². The van der Waals surface area contributed by atoms with Gasteiger partial charge in [0.1, 0.15) is 5.82 Å². The largest absolute Gasteiger partial charge is 0.341 e. The molecule has 0 bridgehead atoms. The van der Waals surface area contributed by atoms with Crippen LogP contribution < -0.4 is 5.32 Å². The maximum absolute atomic E-state index is 4.46. The lowest BCUT2D eigenvalue weighted by molar-refractivity contribution is 0.515. The number of halogens is 1. The zero-order valence-electron chi connectivity index (χ0n) is 10.8. The summed E-state index contributed by atoms with van der Waals surface area (Å²) >= 11 is 3.57. The van der Waals surface area contributed by atoms with Crippen LogP contribution >= 0.6 is 15.9 Å². The lowest BCUT2D eigenvalue weighted by Gasteiger charge is -2.09. The number of H-pyrrole nitrogens is 1. The maximum Gasteiger partial charge on any atom is 0.120 e. The summed E-state index contributed by atoms with van der Waals surface area (Å²) in [4.78, 5) is 7.85. The van der Waals surface area contributed by atoms with E-state index in [-0.39, 0.29) is 0 Å². The van der Waals surface area contributed by atoms with Gasteiger partial charge in [0.15, 0.2) is 0 Å². The van der Waals surface area contributed by atoms with Gasteiger partial charge in [0, 0.05) is 16.1 Å². The number of nitrogens with zero attached hydrogens (tertiary/aromatic N) is 1. The van der Waals surface area contributed by atoms with Gasteiger partial charge >= 0.3 is 0 Å². The van der Waals surface area contributed by atoms with Crippen molar-refractivity contribution < 1.29 is 0 Å². The van der Waals surface area contributed by atoms with Crippen molar-refractivity contribution in [2.45, 2.75) is 38.3 Å². The molecule has 0 aliphatic heterocycles. The average molecular weight is 320 g/mol. The Kier molecular flexibility index (Phi) is 3.99. The van der Waals surface area contributed by atoms with E-state index in [0.29, 0.717) is 6.04 Å². The molecule has 0 unspecified atom stereocenters. The predicted molar refractivity (Wildman–Crippen MR) is 80.8 cm³/mol. The van der Waals surface area contributed by atoms with Crippen molar-refractivity contribution in [3.63, 3.8) is 0 Å². The Morgan fingerprint density at radius 3 is 2.84 bits per heavy atom. The summed E-state index contributed by atoms with van der Waals surface area (Å²) in [6, 6.07) is 8.87. The molecule has 4 heteroatoms. The first-order chi connectivity index (χ1) is 9.33. The summed E-state index contributed by atoms with van der Waals surface area (Å²) in [6.07, 6.45) is 7.23. The van der Waals surface area contributed by atoms with E-state index in [2.05, 4.69) is 37.3 Å². The molecule has 0 saturated heterocycles. The Morgan fingerprint density at radius 2 is 2.05 bits per heavy atom. The van der Waals surface area contributed by atoms with Crippen LogP contribution in [0.4, 0.5) is 0 Å². The molecule has 1 heterocycles. The number of aromatic amines is 1. The van der Waals surface area contributed by atoms with E-state index in [0.717, 1.165) is 28.1 Å². The second-order valence-corrected chi connectivity index (χ2v) is 5.94. The molecule has 19 heavy (non-hydrogen) atoms. The normalized spacial score (nSPS) is 16.1. The number of rotatable bonds is 4. The third-order valence-corrected chi connectivity index (χ3v) is 4.40. The van der Waals surface area contributed by atoms with Crippen LogP contribution in [-0.2, 0) is 6.54 Å². The third-order valence-electron chi connectivity index (χ3n) is 3.71. The van der Waals surface area contributed by atoms with Crippen LogP contribution in [0.1, 0.15) is 31.5 Å². The van der Waals surface area contributed by atoms with Gasteiger partial charge in [-0.25, -0.2) is 4.98 Å². The average Bonchev–Trinajstić information content (AvgIpc) is 3.08. The molecular weight excluding hydrogens is 302 g/mol. The van der Waals surface area contributed by atoms with Crippen molar-refractivity contribution in [2.24, 2.45) is 0 Å². The zero-order chi connectivity index (χ0) is 13.1. The summed E-state index contributed by atoms with van der Waals surface area (Å²) in [5.41, 5.74) is 2.22. The van der Waals surface area contributed by atoms with Crippen LogP contribution in [0, 0.1) is 0 Å². The van der Waals surface area contributed by atoms with E-state index in [1.54, 1.807) is 0 Å². The first kappa shape index (κ1) is 12.9. The number of nitrogens with one attached hydrogen (secondary N) is 2. The van der Waals surface area contributed by atoms with E-state index in [4.69, 9.17) is 0 Å². The van der Waals surface area contributed by atoms with Crippen molar-refractivity contribution in [1.29, 1.82) is 0 Å². The molecule has 0 spiro atoms. The fourth-order valence-corrected chi connectivity index (χ4v) is 3.14. The summed E-state index contributed by atoms with van der Waals surface area (Å²) < 4.78 is 1.09. The van der Waals surface area contributed by atoms with E-state index in [9.17, 15) is 0 Å². The van der Waals surface area contributed by atoms with Gasteiger partial charge in [0.05, 0.1) is 18.4 Å². The summed E-state index contributed by atoms with van der Waals surface area (Å²) in [5.74, 6) is 1.01. The van der Waals surface area contributed by atoms with Gasteiger partial charge in [-0.05, 0) is 18.9 Å². The van der Waals surface area contributed by atoms with Crippen LogP contribution in [0.5, 0.6) is 0 Å². The predicted octanol–water partition coefficient (Wildman–Crippen LogP) is 3.87. The molecule has 100 valence electrons. The first-order valence-electron chi connectivity index (χ1n) is 6.85. The summed E-state index contributed by atoms with van der Waals surface area (Å²) in [6.45, 7) is 0.828. The van der Waals surface area contributed by atoms with Crippen LogP contribution in [0.25, 0.3) is 11.3 Å². The van der Waals surface area contributed by atoms with Crippen LogP contribution in [0.2, 0.25) is 0 Å². The SMILES string of the molecule is Brc1ccccc1-c1cnc(CNC2CCCC2)[nH]1. The molecule has 0 radical (unpaired) electrons. The maximum atomic E-state index is 4.46. The molecule has 2 aromatic rings. The van der Waals surface area contributed by atoms with Gasteiger partial charge in [-0.3, -0.25) is 0 Å². The van der Waals surface area contributed by atoms with E-state index in [1.165, 1.54) is 25.7 Å². The van der Waals surface area contributed by atoms with Gasteiger partial charge in [-0.2, -0.15) is 0 Å². The first-order valence-corrected chi connectivity index (χ1v) is 7.64. The Labute approximate surface area is 122 Å². The minimum absolute atomic E-state index is 0.678. The quantitative estimate of drug-likeness (QED) is 0.898. The van der Waals surface area contributed by atoms with Gasteiger partial charge < -0.3 is 10.3 Å². The molecular formula is C15H18BrN3. The number of hydrogen-bond acceptors (Lipinski definition) is 2. The number of aromatic nitrogens is 2. The molecule has 3 nitrogen and oxygen atoms in total. The summed E-state index contributed by atoms with van der Waals surface area (Å²) in [5, 5.41) is 3.57. The van der Waals surface area contributed by atoms with E-state index in [1.807, 2.05) is 24.4 Å².